The Balaban J connectivity index is 2.23. The number of aliphatic hydroxyl groups is 1. The molecule has 1 aromatic carbocycles. The van der Waals surface area contributed by atoms with Crippen LogP contribution in [-0.4, -0.2) is 11.2 Å². The summed E-state index contributed by atoms with van der Waals surface area (Å²) in [4.78, 5) is 0. The van der Waals surface area contributed by atoms with Gasteiger partial charge in [0.05, 0.1) is 17.7 Å². The van der Waals surface area contributed by atoms with Crippen LogP contribution < -0.4 is 5.73 Å². The molecule has 0 amide bonds. The molecule has 0 bridgehead atoms. The second-order valence-electron chi connectivity index (χ2n) is 5.65. The number of hydrogen-bond donors (Lipinski definition) is 2. The Bertz CT molecular complexity index is 486. The van der Waals surface area contributed by atoms with Crippen molar-refractivity contribution >= 4 is 15.9 Å². The van der Waals surface area contributed by atoms with Gasteiger partial charge in [-0.15, -0.1) is 0 Å². The maximum Gasteiger partial charge on any atom is 0.416 e. The van der Waals surface area contributed by atoms with Crippen molar-refractivity contribution < 1.29 is 18.3 Å². The Kier molecular flexibility index (Phi) is 5.33. The normalized spacial score (nSPS) is 20.3. The summed E-state index contributed by atoms with van der Waals surface area (Å²) in [6, 6.07) is 2.56. The minimum Gasteiger partial charge on any atom is -0.391 e. The van der Waals surface area contributed by atoms with E-state index in [4.69, 9.17) is 5.73 Å². The van der Waals surface area contributed by atoms with Crippen molar-refractivity contribution in [2.75, 3.05) is 0 Å². The Morgan fingerprint density at radius 2 is 1.81 bits per heavy atom. The molecule has 0 unspecified atom stereocenters. The van der Waals surface area contributed by atoms with Gasteiger partial charge in [0.1, 0.15) is 0 Å². The molecule has 0 aromatic heterocycles. The van der Waals surface area contributed by atoms with E-state index in [1.807, 2.05) is 0 Å². The van der Waals surface area contributed by atoms with Crippen molar-refractivity contribution in [1.29, 1.82) is 0 Å². The number of hydrogen-bond acceptors (Lipinski definition) is 2. The summed E-state index contributed by atoms with van der Waals surface area (Å²) in [5.41, 5.74) is 5.60. The van der Waals surface area contributed by atoms with Gasteiger partial charge in [0.15, 0.2) is 0 Å². The van der Waals surface area contributed by atoms with Crippen molar-refractivity contribution in [3.8, 4) is 0 Å². The molecule has 1 aromatic rings. The van der Waals surface area contributed by atoms with E-state index in [2.05, 4.69) is 15.9 Å². The van der Waals surface area contributed by atoms with E-state index in [1.165, 1.54) is 6.07 Å². The molecule has 0 spiro atoms. The van der Waals surface area contributed by atoms with Crippen LogP contribution in [0, 0.1) is 5.92 Å². The molecule has 2 rings (SSSR count). The summed E-state index contributed by atoms with van der Waals surface area (Å²) in [6.45, 7) is 0. The Morgan fingerprint density at radius 1 is 1.19 bits per heavy atom. The largest absolute Gasteiger partial charge is 0.416 e. The maximum absolute atomic E-state index is 12.8. The molecule has 1 aliphatic rings. The van der Waals surface area contributed by atoms with E-state index in [-0.39, 0.29) is 5.92 Å². The Morgan fingerprint density at radius 3 is 2.38 bits per heavy atom. The van der Waals surface area contributed by atoms with Gasteiger partial charge in [0, 0.05) is 4.47 Å². The molecule has 21 heavy (non-hydrogen) atoms. The maximum atomic E-state index is 12.8. The molecule has 2 atom stereocenters. The SMILES string of the molecule is N[C@@H](c1cc(C(F)(F)F)ccc1Br)[C@H](O)C1CCCCC1. The number of nitrogens with two attached hydrogens (primary N) is 1. The molecule has 2 nitrogen and oxygen atoms in total. The zero-order chi connectivity index (χ0) is 15.6. The van der Waals surface area contributed by atoms with Gasteiger partial charge in [-0.25, -0.2) is 0 Å². The highest BCUT2D eigenvalue weighted by Gasteiger charge is 2.33. The van der Waals surface area contributed by atoms with Gasteiger partial charge in [-0.3, -0.25) is 0 Å². The van der Waals surface area contributed by atoms with Crippen LogP contribution in [0.15, 0.2) is 22.7 Å². The van der Waals surface area contributed by atoms with E-state index in [1.54, 1.807) is 0 Å². The third-order valence-corrected chi connectivity index (χ3v) is 4.91. The Labute approximate surface area is 130 Å². The molecule has 0 aliphatic heterocycles. The molecule has 0 saturated heterocycles. The zero-order valence-corrected chi connectivity index (χ0v) is 13.1. The lowest BCUT2D eigenvalue weighted by atomic mass is 9.81. The summed E-state index contributed by atoms with van der Waals surface area (Å²) in [7, 11) is 0. The number of alkyl halides is 3. The first-order valence-corrected chi connectivity index (χ1v) is 7.90. The lowest BCUT2D eigenvalue weighted by Gasteiger charge is -2.31. The van der Waals surface area contributed by atoms with Crippen molar-refractivity contribution in [2.24, 2.45) is 11.7 Å². The van der Waals surface area contributed by atoms with Crippen LogP contribution in [0.5, 0.6) is 0 Å². The van der Waals surface area contributed by atoms with Crippen LogP contribution in [0.4, 0.5) is 13.2 Å². The highest BCUT2D eigenvalue weighted by atomic mass is 79.9. The predicted octanol–water partition coefficient (Wildman–Crippen LogP) is 4.41. The summed E-state index contributed by atoms with van der Waals surface area (Å²) in [6.07, 6.45) is -0.241. The van der Waals surface area contributed by atoms with Crippen molar-refractivity contribution in [2.45, 2.75) is 50.4 Å². The molecular weight excluding hydrogens is 347 g/mol. The topological polar surface area (TPSA) is 46.2 Å². The quantitative estimate of drug-likeness (QED) is 0.833. The van der Waals surface area contributed by atoms with Crippen molar-refractivity contribution in [1.82, 2.24) is 0 Å². The van der Waals surface area contributed by atoms with Crippen LogP contribution in [0.25, 0.3) is 0 Å². The zero-order valence-electron chi connectivity index (χ0n) is 11.5. The molecular formula is C15H19BrF3NO. The van der Waals surface area contributed by atoms with Crippen molar-refractivity contribution in [3.63, 3.8) is 0 Å². The number of rotatable bonds is 3. The molecule has 0 heterocycles. The number of benzene rings is 1. The summed E-state index contributed by atoms with van der Waals surface area (Å²) >= 11 is 3.23. The minimum atomic E-state index is -4.41. The van der Waals surface area contributed by atoms with Crippen LogP contribution >= 0.6 is 15.9 Å². The first-order chi connectivity index (χ1) is 9.80. The Hall–Kier alpha value is -0.590. The molecule has 1 saturated carbocycles. The van der Waals surface area contributed by atoms with E-state index in [9.17, 15) is 18.3 Å². The van der Waals surface area contributed by atoms with Gasteiger partial charge in [0.2, 0.25) is 0 Å². The fourth-order valence-corrected chi connectivity index (χ4v) is 3.44. The molecule has 3 N–H and O–H groups in total. The fourth-order valence-electron chi connectivity index (χ4n) is 2.93. The van der Waals surface area contributed by atoms with Crippen LogP contribution in [-0.2, 0) is 6.18 Å². The van der Waals surface area contributed by atoms with Gasteiger partial charge < -0.3 is 10.8 Å². The molecule has 0 radical (unpaired) electrons. The summed E-state index contributed by atoms with van der Waals surface area (Å²) in [5.74, 6) is 0.0650. The van der Waals surface area contributed by atoms with Gasteiger partial charge in [0.25, 0.3) is 0 Å². The monoisotopic (exact) mass is 365 g/mol. The summed E-state index contributed by atoms with van der Waals surface area (Å²) < 4.78 is 38.9. The second-order valence-corrected chi connectivity index (χ2v) is 6.50. The van der Waals surface area contributed by atoms with Gasteiger partial charge in [-0.1, -0.05) is 35.2 Å². The smallest absolute Gasteiger partial charge is 0.391 e. The standard InChI is InChI=1S/C15H19BrF3NO/c16-12-7-6-10(15(17,18)19)8-11(12)13(20)14(21)9-4-2-1-3-5-9/h6-9,13-14,21H,1-5,20H2/t13-,14+/m0/s1. The van der Waals surface area contributed by atoms with Gasteiger partial charge in [-0.2, -0.15) is 13.2 Å². The first-order valence-electron chi connectivity index (χ1n) is 7.11. The van der Waals surface area contributed by atoms with Gasteiger partial charge in [-0.05, 0) is 42.5 Å². The fraction of sp³-hybridized carbons (Fsp3) is 0.600. The average molecular weight is 366 g/mol. The third kappa shape index (κ3) is 3.99. The molecule has 118 valence electrons. The molecule has 1 aliphatic carbocycles. The van der Waals surface area contributed by atoms with Crippen LogP contribution in [0.1, 0.15) is 49.3 Å². The predicted molar refractivity (Wildman–Crippen MR) is 78.7 cm³/mol. The van der Waals surface area contributed by atoms with Crippen LogP contribution in [0.2, 0.25) is 0 Å². The second kappa shape index (κ2) is 6.67. The highest BCUT2D eigenvalue weighted by Crippen LogP contribution is 2.37. The molecule has 1 fully saturated rings. The van der Waals surface area contributed by atoms with E-state index in [0.717, 1.165) is 44.2 Å². The van der Waals surface area contributed by atoms with E-state index < -0.39 is 23.9 Å². The average Bonchev–Trinajstić information content (AvgIpc) is 2.46. The van der Waals surface area contributed by atoms with Crippen molar-refractivity contribution in [3.05, 3.63) is 33.8 Å². The molecule has 6 heteroatoms. The minimum absolute atomic E-state index is 0.0650. The van der Waals surface area contributed by atoms with E-state index in [0.29, 0.717) is 10.0 Å². The lowest BCUT2D eigenvalue weighted by Crippen LogP contribution is -2.34. The number of halogens is 4. The third-order valence-electron chi connectivity index (χ3n) is 4.18. The van der Waals surface area contributed by atoms with E-state index >= 15 is 0 Å². The van der Waals surface area contributed by atoms with Crippen LogP contribution in [0.3, 0.4) is 0 Å². The van der Waals surface area contributed by atoms with Gasteiger partial charge >= 0.3 is 6.18 Å². The summed E-state index contributed by atoms with van der Waals surface area (Å²) in [5, 5.41) is 10.4. The first kappa shape index (κ1) is 16.8. The lowest BCUT2D eigenvalue weighted by molar-refractivity contribution is -0.137. The number of aliphatic hydroxyl groups excluding tert-OH is 1. The highest BCUT2D eigenvalue weighted by molar-refractivity contribution is 9.10.